The van der Waals surface area contributed by atoms with Crippen molar-refractivity contribution >= 4 is 35.3 Å². The van der Waals surface area contributed by atoms with Crippen LogP contribution in [0.5, 0.6) is 5.75 Å². The van der Waals surface area contributed by atoms with Crippen LogP contribution in [0, 0.1) is 20.8 Å². The summed E-state index contributed by atoms with van der Waals surface area (Å²) in [7, 11) is 0. The van der Waals surface area contributed by atoms with E-state index in [1.165, 1.54) is 6.92 Å². The first-order valence-electron chi connectivity index (χ1n) is 14.2. The number of unbranched alkanes of at least 4 members (excludes halogenated alkanes) is 2. The molecule has 1 aliphatic rings. The summed E-state index contributed by atoms with van der Waals surface area (Å²) in [5.74, 6) is -0.379. The van der Waals surface area contributed by atoms with Gasteiger partial charge in [0.15, 0.2) is 0 Å². The van der Waals surface area contributed by atoms with Crippen LogP contribution in [0.2, 0.25) is 0 Å². The van der Waals surface area contributed by atoms with Crippen molar-refractivity contribution in [2.45, 2.75) is 99.1 Å². The average molecular weight is 566 g/mol. The number of aryl methyl sites for hydroxylation is 1. The van der Waals surface area contributed by atoms with E-state index in [0.717, 1.165) is 36.0 Å². The summed E-state index contributed by atoms with van der Waals surface area (Å²) < 4.78 is 10.8. The summed E-state index contributed by atoms with van der Waals surface area (Å²) in [6.07, 6.45) is 3.03. The first kappa shape index (κ1) is 31.6. The summed E-state index contributed by atoms with van der Waals surface area (Å²) in [5.41, 5.74) is 4.20. The van der Waals surface area contributed by atoms with Crippen molar-refractivity contribution in [3.05, 3.63) is 52.1 Å². The maximum absolute atomic E-state index is 14.0. The third-order valence-electron chi connectivity index (χ3n) is 7.11. The maximum Gasteiger partial charge on any atom is 0.412 e. The molecular formula is C32H43N3O6. The molecule has 1 heterocycles. The van der Waals surface area contributed by atoms with Crippen LogP contribution in [-0.2, 0) is 25.5 Å². The zero-order chi connectivity index (χ0) is 30.5. The zero-order valence-corrected chi connectivity index (χ0v) is 25.5. The Morgan fingerprint density at radius 1 is 1.00 bits per heavy atom. The van der Waals surface area contributed by atoms with Gasteiger partial charge in [0.05, 0.1) is 0 Å². The SMILES string of the molecule is CCCCCC(=O)N1CCc2ccc(NC(=O)OC(C)(C)C)cc2C1C(=O)Nc1cc(C)c(OC(C)=O)c(C)c1C. The van der Waals surface area contributed by atoms with Gasteiger partial charge < -0.3 is 19.7 Å². The third-order valence-corrected chi connectivity index (χ3v) is 7.11. The van der Waals surface area contributed by atoms with Crippen LogP contribution in [0.3, 0.4) is 0 Å². The highest BCUT2D eigenvalue weighted by atomic mass is 16.6. The van der Waals surface area contributed by atoms with E-state index >= 15 is 0 Å². The second kappa shape index (κ2) is 13.2. The molecule has 0 saturated carbocycles. The van der Waals surface area contributed by atoms with Crippen LogP contribution in [0.1, 0.15) is 94.2 Å². The van der Waals surface area contributed by atoms with Crippen LogP contribution in [0.4, 0.5) is 16.2 Å². The molecule has 1 atom stereocenters. The van der Waals surface area contributed by atoms with Gasteiger partial charge in [-0.15, -0.1) is 0 Å². The number of fused-ring (bicyclic) bond motifs is 1. The highest BCUT2D eigenvalue weighted by Gasteiger charge is 2.36. The molecule has 2 aromatic carbocycles. The van der Waals surface area contributed by atoms with E-state index in [0.29, 0.717) is 47.6 Å². The maximum atomic E-state index is 14.0. The lowest BCUT2D eigenvalue weighted by Crippen LogP contribution is -2.45. The second-order valence-corrected chi connectivity index (χ2v) is 11.6. The van der Waals surface area contributed by atoms with Gasteiger partial charge in [-0.1, -0.05) is 25.8 Å². The molecule has 2 aromatic rings. The molecule has 9 heteroatoms. The molecule has 0 radical (unpaired) electrons. The number of nitrogens with zero attached hydrogens (tertiary/aromatic N) is 1. The van der Waals surface area contributed by atoms with Gasteiger partial charge in [0.1, 0.15) is 17.4 Å². The topological polar surface area (TPSA) is 114 Å². The molecule has 222 valence electrons. The molecule has 1 aliphatic heterocycles. The molecule has 41 heavy (non-hydrogen) atoms. The molecule has 0 fully saturated rings. The molecule has 0 aromatic heterocycles. The number of amides is 3. The van der Waals surface area contributed by atoms with Gasteiger partial charge in [-0.2, -0.15) is 0 Å². The Hall–Kier alpha value is -3.88. The van der Waals surface area contributed by atoms with Crippen molar-refractivity contribution < 1.29 is 28.7 Å². The Bertz CT molecular complexity index is 1330. The van der Waals surface area contributed by atoms with E-state index in [2.05, 4.69) is 17.6 Å². The fraction of sp³-hybridized carbons (Fsp3) is 0.500. The first-order valence-corrected chi connectivity index (χ1v) is 14.2. The lowest BCUT2D eigenvalue weighted by molar-refractivity contribution is -0.139. The van der Waals surface area contributed by atoms with Gasteiger partial charge in [-0.3, -0.25) is 19.7 Å². The number of anilines is 2. The summed E-state index contributed by atoms with van der Waals surface area (Å²) >= 11 is 0. The van der Waals surface area contributed by atoms with Crippen molar-refractivity contribution in [1.29, 1.82) is 0 Å². The fourth-order valence-corrected chi connectivity index (χ4v) is 5.03. The molecule has 0 spiro atoms. The monoisotopic (exact) mass is 565 g/mol. The quantitative estimate of drug-likeness (QED) is 0.214. The molecular weight excluding hydrogens is 522 g/mol. The molecule has 3 rings (SSSR count). The number of benzene rings is 2. The second-order valence-electron chi connectivity index (χ2n) is 11.6. The number of hydrogen-bond acceptors (Lipinski definition) is 6. The molecule has 3 amide bonds. The highest BCUT2D eigenvalue weighted by molar-refractivity contribution is 5.99. The summed E-state index contributed by atoms with van der Waals surface area (Å²) in [5, 5.41) is 5.79. The van der Waals surface area contributed by atoms with Gasteiger partial charge >= 0.3 is 12.1 Å². The number of carbonyl (C=O) groups is 4. The molecule has 0 aliphatic carbocycles. The number of rotatable bonds is 8. The lowest BCUT2D eigenvalue weighted by Gasteiger charge is -2.37. The van der Waals surface area contributed by atoms with Crippen molar-refractivity contribution in [2.24, 2.45) is 0 Å². The smallest absolute Gasteiger partial charge is 0.412 e. The number of carbonyl (C=O) groups excluding carboxylic acids is 4. The van der Waals surface area contributed by atoms with Gasteiger partial charge in [0.25, 0.3) is 5.91 Å². The van der Waals surface area contributed by atoms with E-state index in [4.69, 9.17) is 9.47 Å². The van der Waals surface area contributed by atoms with Crippen LogP contribution in [0.15, 0.2) is 24.3 Å². The van der Waals surface area contributed by atoms with Gasteiger partial charge in [0, 0.05) is 31.3 Å². The van der Waals surface area contributed by atoms with Gasteiger partial charge in [-0.05, 0) is 100 Å². The van der Waals surface area contributed by atoms with Gasteiger partial charge in [0.2, 0.25) is 5.91 Å². The third kappa shape index (κ3) is 8.08. The van der Waals surface area contributed by atoms with Crippen LogP contribution in [0.25, 0.3) is 0 Å². The van der Waals surface area contributed by atoms with Crippen LogP contribution >= 0.6 is 0 Å². The zero-order valence-electron chi connectivity index (χ0n) is 25.5. The standard InChI is InChI=1S/C32H43N3O6/c1-9-10-11-12-27(37)35-16-15-23-13-14-24(33-31(39)41-32(6,7)8)18-25(23)28(35)30(38)34-26-17-19(2)29(40-22(5)36)21(4)20(26)3/h13-14,17-18,28H,9-12,15-16H2,1-8H3,(H,33,39)(H,34,38). The Labute approximate surface area is 243 Å². The molecule has 9 nitrogen and oxygen atoms in total. The highest BCUT2D eigenvalue weighted by Crippen LogP contribution is 2.36. The number of hydrogen-bond donors (Lipinski definition) is 2. The minimum absolute atomic E-state index is 0.0796. The minimum Gasteiger partial charge on any atom is -0.444 e. The van der Waals surface area contributed by atoms with E-state index in [9.17, 15) is 19.2 Å². The van der Waals surface area contributed by atoms with Crippen molar-refractivity contribution in [3.63, 3.8) is 0 Å². The Kier molecular flexibility index (Phi) is 10.2. The normalized spacial score (nSPS) is 14.6. The first-order chi connectivity index (χ1) is 19.2. The molecule has 1 unspecified atom stereocenters. The Morgan fingerprint density at radius 3 is 2.34 bits per heavy atom. The van der Waals surface area contributed by atoms with Crippen LogP contribution in [-0.4, -0.2) is 40.9 Å². The molecule has 2 N–H and O–H groups in total. The van der Waals surface area contributed by atoms with Crippen molar-refractivity contribution in [2.75, 3.05) is 17.2 Å². The summed E-state index contributed by atoms with van der Waals surface area (Å²) in [6, 6.07) is 6.30. The Morgan fingerprint density at radius 2 is 1.71 bits per heavy atom. The van der Waals surface area contributed by atoms with Crippen molar-refractivity contribution in [3.8, 4) is 5.75 Å². The largest absolute Gasteiger partial charge is 0.444 e. The molecule has 0 bridgehead atoms. The predicted molar refractivity (Wildman–Crippen MR) is 159 cm³/mol. The average Bonchev–Trinajstić information content (AvgIpc) is 2.87. The number of ether oxygens (including phenoxy) is 2. The molecule has 0 saturated heterocycles. The summed E-state index contributed by atoms with van der Waals surface area (Å²) in [6.45, 7) is 14.7. The van der Waals surface area contributed by atoms with Crippen molar-refractivity contribution in [1.82, 2.24) is 4.90 Å². The summed E-state index contributed by atoms with van der Waals surface area (Å²) in [4.78, 5) is 53.1. The predicted octanol–water partition coefficient (Wildman–Crippen LogP) is 6.53. The van der Waals surface area contributed by atoms with E-state index in [1.807, 2.05) is 26.8 Å². The van der Waals surface area contributed by atoms with E-state index in [1.54, 1.807) is 43.9 Å². The number of esters is 1. The minimum atomic E-state index is -0.888. The fourth-order valence-electron chi connectivity index (χ4n) is 5.03. The van der Waals surface area contributed by atoms with E-state index < -0.39 is 23.7 Å². The van der Waals surface area contributed by atoms with E-state index in [-0.39, 0.29) is 11.8 Å². The number of nitrogens with one attached hydrogen (secondary N) is 2. The Balaban J connectivity index is 1.99. The van der Waals surface area contributed by atoms with Crippen LogP contribution < -0.4 is 15.4 Å². The van der Waals surface area contributed by atoms with Gasteiger partial charge in [-0.25, -0.2) is 4.79 Å². The lowest BCUT2D eigenvalue weighted by atomic mass is 9.90.